The summed E-state index contributed by atoms with van der Waals surface area (Å²) in [4.78, 5) is 23.6. The minimum Gasteiger partial charge on any atom is -0.495 e. The zero-order chi connectivity index (χ0) is 21.2. The van der Waals surface area contributed by atoms with Crippen molar-refractivity contribution in [1.29, 1.82) is 0 Å². The van der Waals surface area contributed by atoms with Crippen molar-refractivity contribution >= 4 is 17.6 Å². The quantitative estimate of drug-likeness (QED) is 0.743. The molecule has 5 nitrogen and oxygen atoms in total. The summed E-state index contributed by atoms with van der Waals surface area (Å²) in [6, 6.07) is 9.99. The maximum absolute atomic E-state index is 13.2. The molecular formula is C21H18F3NO4. The Kier molecular flexibility index (Phi) is 5.63. The average molecular weight is 405 g/mol. The topological polar surface area (TPSA) is 75.6 Å². The van der Waals surface area contributed by atoms with Crippen LogP contribution in [0.4, 0.5) is 18.9 Å². The molecule has 152 valence electrons. The molecule has 1 aliphatic carbocycles. The summed E-state index contributed by atoms with van der Waals surface area (Å²) in [6.45, 7) is 0. The molecule has 0 radical (unpaired) electrons. The molecule has 2 N–H and O–H groups in total. The second kappa shape index (κ2) is 7.98. The first-order valence-electron chi connectivity index (χ1n) is 8.83. The molecule has 0 fully saturated rings. The van der Waals surface area contributed by atoms with Gasteiger partial charge in [0.2, 0.25) is 0 Å². The molecule has 2 aromatic carbocycles. The van der Waals surface area contributed by atoms with Gasteiger partial charge >= 0.3 is 12.1 Å². The van der Waals surface area contributed by atoms with Crippen molar-refractivity contribution in [3.8, 4) is 16.9 Å². The highest BCUT2D eigenvalue weighted by molar-refractivity contribution is 6.09. The number of carbonyl (C=O) groups is 2. The third kappa shape index (κ3) is 4.26. The molecule has 1 aliphatic rings. The van der Waals surface area contributed by atoms with Crippen LogP contribution in [0.15, 0.2) is 53.6 Å². The van der Waals surface area contributed by atoms with Gasteiger partial charge in [0.15, 0.2) is 0 Å². The van der Waals surface area contributed by atoms with Gasteiger partial charge in [0.05, 0.1) is 12.7 Å². The van der Waals surface area contributed by atoms with E-state index in [1.165, 1.54) is 19.2 Å². The van der Waals surface area contributed by atoms with E-state index >= 15 is 0 Å². The zero-order valence-corrected chi connectivity index (χ0v) is 15.5. The Labute approximate surface area is 164 Å². The van der Waals surface area contributed by atoms with Crippen LogP contribution in [0.3, 0.4) is 0 Å². The molecule has 0 heterocycles. The van der Waals surface area contributed by atoms with Crippen molar-refractivity contribution in [2.75, 3.05) is 12.4 Å². The van der Waals surface area contributed by atoms with Crippen molar-refractivity contribution in [1.82, 2.24) is 0 Å². The predicted molar refractivity (Wildman–Crippen MR) is 101 cm³/mol. The number of para-hydroxylation sites is 1. The van der Waals surface area contributed by atoms with Crippen LogP contribution in [0.1, 0.15) is 24.8 Å². The maximum atomic E-state index is 13.2. The van der Waals surface area contributed by atoms with Gasteiger partial charge < -0.3 is 15.2 Å². The summed E-state index contributed by atoms with van der Waals surface area (Å²) < 4.78 is 44.6. The Bertz CT molecular complexity index is 978. The van der Waals surface area contributed by atoms with E-state index in [2.05, 4.69) is 5.32 Å². The number of anilines is 1. The molecule has 29 heavy (non-hydrogen) atoms. The van der Waals surface area contributed by atoms with Gasteiger partial charge in [0, 0.05) is 22.4 Å². The second-order valence-corrected chi connectivity index (χ2v) is 6.53. The van der Waals surface area contributed by atoms with Crippen LogP contribution < -0.4 is 10.1 Å². The van der Waals surface area contributed by atoms with E-state index in [0.717, 1.165) is 6.07 Å². The summed E-state index contributed by atoms with van der Waals surface area (Å²) in [5.41, 5.74) is 0.663. The molecule has 0 atom stereocenters. The van der Waals surface area contributed by atoms with E-state index in [9.17, 15) is 22.8 Å². The number of carboxylic acids is 1. The Morgan fingerprint density at radius 3 is 2.28 bits per heavy atom. The van der Waals surface area contributed by atoms with E-state index in [1.54, 1.807) is 24.3 Å². The highest BCUT2D eigenvalue weighted by Gasteiger charge is 2.35. The van der Waals surface area contributed by atoms with Gasteiger partial charge in [-0.15, -0.1) is 0 Å². The van der Waals surface area contributed by atoms with Crippen LogP contribution in [0.25, 0.3) is 11.1 Å². The molecule has 0 aliphatic heterocycles. The lowest BCUT2D eigenvalue weighted by Gasteiger charge is -2.16. The highest BCUT2D eigenvalue weighted by Crippen LogP contribution is 2.42. The van der Waals surface area contributed by atoms with Gasteiger partial charge in [-0.2, -0.15) is 13.2 Å². The van der Waals surface area contributed by atoms with Crippen molar-refractivity contribution in [3.05, 3.63) is 59.2 Å². The number of hydrogen-bond donors (Lipinski definition) is 2. The van der Waals surface area contributed by atoms with Crippen molar-refractivity contribution in [2.45, 2.75) is 25.4 Å². The highest BCUT2D eigenvalue weighted by atomic mass is 19.4. The number of methoxy groups -OCH3 is 1. The van der Waals surface area contributed by atoms with Gasteiger partial charge in [-0.05, 0) is 43.0 Å². The van der Waals surface area contributed by atoms with E-state index in [0.29, 0.717) is 30.5 Å². The normalized spacial score (nSPS) is 14.1. The minimum absolute atomic E-state index is 0.118. The average Bonchev–Trinajstić information content (AvgIpc) is 3.17. The number of ether oxygens (including phenoxy) is 1. The third-order valence-electron chi connectivity index (χ3n) is 4.73. The first kappa shape index (κ1) is 20.4. The Morgan fingerprint density at radius 1 is 1.03 bits per heavy atom. The van der Waals surface area contributed by atoms with Crippen LogP contribution in [0, 0.1) is 0 Å². The van der Waals surface area contributed by atoms with Gasteiger partial charge in [-0.3, -0.25) is 4.79 Å². The number of benzene rings is 2. The number of carboxylic acid groups (broad SMARTS) is 1. The van der Waals surface area contributed by atoms with Crippen molar-refractivity contribution in [3.63, 3.8) is 0 Å². The Hall–Kier alpha value is -3.29. The molecule has 0 bridgehead atoms. The van der Waals surface area contributed by atoms with Crippen LogP contribution in [-0.2, 0) is 15.8 Å². The Morgan fingerprint density at radius 2 is 1.69 bits per heavy atom. The number of hydrogen-bond acceptors (Lipinski definition) is 3. The lowest BCUT2D eigenvalue weighted by Crippen LogP contribution is -2.16. The summed E-state index contributed by atoms with van der Waals surface area (Å²) in [7, 11) is 1.18. The van der Waals surface area contributed by atoms with Gasteiger partial charge in [-0.25, -0.2) is 4.79 Å². The fourth-order valence-electron chi connectivity index (χ4n) is 3.38. The number of halogens is 3. The SMILES string of the molecule is COc1c(-c2ccc(NC(=O)C3=C(C(=O)O)CCC3)cc2)cccc1C(F)(F)F. The van der Waals surface area contributed by atoms with Crippen LogP contribution in [0.5, 0.6) is 5.75 Å². The Balaban J connectivity index is 1.86. The number of amides is 1. The molecule has 8 heteroatoms. The van der Waals surface area contributed by atoms with E-state index in [4.69, 9.17) is 9.84 Å². The number of rotatable bonds is 5. The van der Waals surface area contributed by atoms with Crippen LogP contribution >= 0.6 is 0 Å². The largest absolute Gasteiger partial charge is 0.495 e. The molecule has 0 saturated carbocycles. The predicted octanol–water partition coefficient (Wildman–Crippen LogP) is 4.88. The van der Waals surface area contributed by atoms with E-state index < -0.39 is 23.6 Å². The molecule has 0 spiro atoms. The van der Waals surface area contributed by atoms with Crippen molar-refractivity contribution < 1.29 is 32.6 Å². The monoisotopic (exact) mass is 405 g/mol. The fraction of sp³-hybridized carbons (Fsp3) is 0.238. The maximum Gasteiger partial charge on any atom is 0.419 e. The summed E-state index contributed by atoms with van der Waals surface area (Å²) in [5, 5.41) is 11.8. The molecule has 3 rings (SSSR count). The number of alkyl halides is 3. The lowest BCUT2D eigenvalue weighted by atomic mass is 10.0. The molecule has 0 unspecified atom stereocenters. The lowest BCUT2D eigenvalue weighted by molar-refractivity contribution is -0.138. The second-order valence-electron chi connectivity index (χ2n) is 6.53. The summed E-state index contributed by atoms with van der Waals surface area (Å²) in [6.07, 6.45) is -3.19. The third-order valence-corrected chi connectivity index (χ3v) is 4.73. The summed E-state index contributed by atoms with van der Waals surface area (Å²) in [5.74, 6) is -1.86. The molecule has 0 saturated heterocycles. The first-order valence-corrected chi connectivity index (χ1v) is 8.83. The van der Waals surface area contributed by atoms with Gasteiger partial charge in [0.1, 0.15) is 5.75 Å². The molecule has 1 amide bonds. The van der Waals surface area contributed by atoms with Crippen molar-refractivity contribution in [2.24, 2.45) is 0 Å². The van der Waals surface area contributed by atoms with E-state index in [1.807, 2.05) is 0 Å². The van der Waals surface area contributed by atoms with Crippen LogP contribution in [0.2, 0.25) is 0 Å². The molecule has 0 aromatic heterocycles. The zero-order valence-electron chi connectivity index (χ0n) is 15.5. The number of nitrogens with one attached hydrogen (secondary N) is 1. The summed E-state index contributed by atoms with van der Waals surface area (Å²) >= 11 is 0. The van der Waals surface area contributed by atoms with Gasteiger partial charge in [-0.1, -0.05) is 24.3 Å². The number of aliphatic carboxylic acids is 1. The minimum atomic E-state index is -4.55. The fourth-order valence-corrected chi connectivity index (χ4v) is 3.38. The molecule has 2 aromatic rings. The smallest absolute Gasteiger partial charge is 0.419 e. The molecular weight excluding hydrogens is 387 g/mol. The van der Waals surface area contributed by atoms with Gasteiger partial charge in [0.25, 0.3) is 5.91 Å². The number of carbonyl (C=O) groups excluding carboxylic acids is 1. The first-order chi connectivity index (χ1) is 13.7. The van der Waals surface area contributed by atoms with E-state index in [-0.39, 0.29) is 22.5 Å². The van der Waals surface area contributed by atoms with Crippen LogP contribution in [-0.4, -0.2) is 24.1 Å². The standard InChI is InChI=1S/C21H18F3NO4/c1-29-18-14(4-3-7-17(18)21(22,23)24)12-8-10-13(11-9-12)25-19(26)15-5-2-6-16(15)20(27)28/h3-4,7-11H,2,5-6H2,1H3,(H,25,26)(H,27,28).